The highest BCUT2D eigenvalue weighted by Gasteiger charge is 2.21. The van der Waals surface area contributed by atoms with E-state index in [1.807, 2.05) is 54.6 Å². The van der Waals surface area contributed by atoms with Crippen LogP contribution in [0.4, 0.5) is 5.82 Å². The summed E-state index contributed by atoms with van der Waals surface area (Å²) in [6.07, 6.45) is 3.95. The minimum atomic E-state index is -3.69. The standard InChI is InChI=1S/C31H37ClN6O5S/c1-44(40,41)43-21-28(39)33-14-15-34-30-26-19-24(35-31(26)37-29(36-30)23-8-3-2-4-9-23)20-42-25-12-17-38(18-13-25)16-11-22-7-5-6-10-27(22)32/h2-10,19,25H,11-18,20-21H2,1H3,(H,33,39)(H2,34,35,36,37). The number of rotatable bonds is 14. The normalized spacial score (nSPS) is 14.6. The Morgan fingerprint density at radius 3 is 2.57 bits per heavy atom. The van der Waals surface area contributed by atoms with E-state index >= 15 is 0 Å². The Morgan fingerprint density at radius 2 is 1.82 bits per heavy atom. The summed E-state index contributed by atoms with van der Waals surface area (Å²) in [5.74, 6) is 0.650. The zero-order chi connectivity index (χ0) is 30.9. The molecule has 1 amide bonds. The number of hydrogen-bond acceptors (Lipinski definition) is 9. The monoisotopic (exact) mass is 640 g/mol. The van der Waals surface area contributed by atoms with Crippen molar-refractivity contribution >= 4 is 44.5 Å². The van der Waals surface area contributed by atoms with Gasteiger partial charge in [0.05, 0.1) is 24.4 Å². The lowest BCUT2D eigenvalue weighted by Crippen LogP contribution is -2.38. The molecule has 0 atom stereocenters. The molecule has 44 heavy (non-hydrogen) atoms. The Hall–Kier alpha value is -3.55. The molecule has 1 aliphatic heterocycles. The maximum atomic E-state index is 11.9. The van der Waals surface area contributed by atoms with E-state index in [1.54, 1.807) is 0 Å². The molecule has 13 heteroatoms. The van der Waals surface area contributed by atoms with E-state index in [4.69, 9.17) is 26.3 Å². The van der Waals surface area contributed by atoms with Crippen molar-refractivity contribution in [2.75, 3.05) is 50.9 Å². The maximum Gasteiger partial charge on any atom is 0.264 e. The van der Waals surface area contributed by atoms with Crippen LogP contribution in [0.5, 0.6) is 0 Å². The molecule has 234 valence electrons. The van der Waals surface area contributed by atoms with Crippen LogP contribution in [-0.4, -0.2) is 85.9 Å². The fourth-order valence-electron chi connectivity index (χ4n) is 5.07. The topological polar surface area (TPSA) is 139 Å². The summed E-state index contributed by atoms with van der Waals surface area (Å²) in [7, 11) is -3.69. The number of nitrogens with one attached hydrogen (secondary N) is 3. The molecule has 0 spiro atoms. The highest BCUT2D eigenvalue weighted by molar-refractivity contribution is 7.86. The number of carbonyl (C=O) groups is 1. The first kappa shape index (κ1) is 31.9. The molecular weight excluding hydrogens is 604 g/mol. The molecule has 4 aromatic rings. The van der Waals surface area contributed by atoms with E-state index in [-0.39, 0.29) is 12.6 Å². The summed E-state index contributed by atoms with van der Waals surface area (Å²) in [5, 5.41) is 7.54. The Bertz CT molecular complexity index is 1660. The molecule has 1 aliphatic rings. The van der Waals surface area contributed by atoms with Gasteiger partial charge in [0.2, 0.25) is 5.91 Å². The number of amides is 1. The van der Waals surface area contributed by atoms with Crippen LogP contribution in [0.25, 0.3) is 22.4 Å². The van der Waals surface area contributed by atoms with Gasteiger partial charge in [-0.05, 0) is 37.0 Å². The highest BCUT2D eigenvalue weighted by Crippen LogP contribution is 2.27. The molecule has 0 radical (unpaired) electrons. The average molecular weight is 641 g/mol. The Kier molecular flexibility index (Phi) is 10.8. The summed E-state index contributed by atoms with van der Waals surface area (Å²) in [6, 6.07) is 19.7. The van der Waals surface area contributed by atoms with E-state index in [0.717, 1.165) is 66.8 Å². The Morgan fingerprint density at radius 1 is 1.07 bits per heavy atom. The fraction of sp³-hybridized carbons (Fsp3) is 0.387. The number of anilines is 1. The van der Waals surface area contributed by atoms with Crippen molar-refractivity contribution < 1.29 is 22.1 Å². The van der Waals surface area contributed by atoms with Gasteiger partial charge in [0.15, 0.2) is 5.82 Å². The largest absolute Gasteiger partial charge is 0.372 e. The van der Waals surface area contributed by atoms with Crippen LogP contribution < -0.4 is 10.6 Å². The maximum absolute atomic E-state index is 11.9. The molecule has 1 fully saturated rings. The van der Waals surface area contributed by atoms with E-state index in [9.17, 15) is 13.2 Å². The van der Waals surface area contributed by atoms with Crippen LogP contribution >= 0.6 is 11.6 Å². The van der Waals surface area contributed by atoms with Crippen molar-refractivity contribution in [1.82, 2.24) is 25.2 Å². The predicted molar refractivity (Wildman–Crippen MR) is 171 cm³/mol. The number of carbonyl (C=O) groups excluding carboxylic acids is 1. The lowest BCUT2D eigenvalue weighted by atomic mass is 10.1. The van der Waals surface area contributed by atoms with E-state index in [1.165, 1.54) is 5.56 Å². The van der Waals surface area contributed by atoms with Crippen LogP contribution in [0.2, 0.25) is 5.02 Å². The van der Waals surface area contributed by atoms with Crippen LogP contribution in [0.1, 0.15) is 24.1 Å². The van der Waals surface area contributed by atoms with Crippen LogP contribution in [0.3, 0.4) is 0 Å². The first-order chi connectivity index (χ1) is 21.2. The molecule has 2 aromatic carbocycles. The Balaban J connectivity index is 1.17. The predicted octanol–water partition coefficient (Wildman–Crippen LogP) is 4.01. The van der Waals surface area contributed by atoms with E-state index < -0.39 is 22.6 Å². The summed E-state index contributed by atoms with van der Waals surface area (Å²) in [6.45, 7) is 3.42. The van der Waals surface area contributed by atoms with Gasteiger partial charge in [-0.2, -0.15) is 8.42 Å². The average Bonchev–Trinajstić information content (AvgIpc) is 3.44. The smallest absolute Gasteiger partial charge is 0.264 e. The first-order valence-corrected chi connectivity index (χ1v) is 16.8. The van der Waals surface area contributed by atoms with Crippen LogP contribution in [-0.2, 0) is 36.9 Å². The zero-order valence-corrected chi connectivity index (χ0v) is 26.2. The van der Waals surface area contributed by atoms with Crippen molar-refractivity contribution in [2.45, 2.75) is 32.0 Å². The summed E-state index contributed by atoms with van der Waals surface area (Å²) >= 11 is 6.32. The van der Waals surface area contributed by atoms with Gasteiger partial charge in [-0.1, -0.05) is 60.1 Å². The van der Waals surface area contributed by atoms with Gasteiger partial charge in [0.25, 0.3) is 10.1 Å². The molecule has 11 nitrogen and oxygen atoms in total. The third-order valence-corrected chi connectivity index (χ3v) is 8.30. The number of H-pyrrole nitrogens is 1. The number of benzene rings is 2. The second-order valence-electron chi connectivity index (χ2n) is 10.8. The quantitative estimate of drug-likeness (QED) is 0.138. The van der Waals surface area contributed by atoms with Gasteiger partial charge < -0.3 is 25.3 Å². The summed E-state index contributed by atoms with van der Waals surface area (Å²) in [5.41, 5.74) is 3.63. The Labute approximate surface area is 262 Å². The molecule has 5 rings (SSSR count). The first-order valence-electron chi connectivity index (χ1n) is 14.6. The van der Waals surface area contributed by atoms with Gasteiger partial charge >= 0.3 is 0 Å². The minimum absolute atomic E-state index is 0.178. The number of halogens is 1. The molecule has 2 aromatic heterocycles. The van der Waals surface area contributed by atoms with Gasteiger partial charge in [-0.3, -0.25) is 8.98 Å². The number of aromatic amines is 1. The molecule has 1 saturated heterocycles. The summed E-state index contributed by atoms with van der Waals surface area (Å²) in [4.78, 5) is 27.3. The molecule has 3 heterocycles. The number of ether oxygens (including phenoxy) is 1. The molecule has 0 saturated carbocycles. The minimum Gasteiger partial charge on any atom is -0.372 e. The van der Waals surface area contributed by atoms with Crippen molar-refractivity contribution in [1.29, 1.82) is 0 Å². The molecule has 0 aliphatic carbocycles. The summed E-state index contributed by atoms with van der Waals surface area (Å²) < 4.78 is 33.1. The molecular formula is C31H37ClN6O5S. The highest BCUT2D eigenvalue weighted by atomic mass is 35.5. The van der Waals surface area contributed by atoms with E-state index in [0.29, 0.717) is 30.4 Å². The van der Waals surface area contributed by atoms with Gasteiger partial charge in [0, 0.05) is 49.0 Å². The van der Waals surface area contributed by atoms with Crippen LogP contribution in [0, 0.1) is 0 Å². The molecule has 3 N–H and O–H groups in total. The molecule has 0 bridgehead atoms. The third kappa shape index (κ3) is 9.23. The lowest BCUT2D eigenvalue weighted by molar-refractivity contribution is -0.122. The lowest BCUT2D eigenvalue weighted by Gasteiger charge is -2.31. The zero-order valence-electron chi connectivity index (χ0n) is 24.6. The van der Waals surface area contributed by atoms with Crippen molar-refractivity contribution in [2.24, 2.45) is 0 Å². The van der Waals surface area contributed by atoms with Crippen molar-refractivity contribution in [3.63, 3.8) is 0 Å². The van der Waals surface area contributed by atoms with Crippen LogP contribution in [0.15, 0.2) is 60.7 Å². The number of piperidine rings is 1. The fourth-order valence-corrected chi connectivity index (χ4v) is 5.63. The molecule has 0 unspecified atom stereocenters. The van der Waals surface area contributed by atoms with Crippen molar-refractivity contribution in [3.05, 3.63) is 76.9 Å². The second-order valence-corrected chi connectivity index (χ2v) is 12.8. The van der Waals surface area contributed by atoms with Gasteiger partial charge in [-0.25, -0.2) is 9.97 Å². The van der Waals surface area contributed by atoms with Gasteiger partial charge in [0.1, 0.15) is 18.1 Å². The number of likely N-dealkylation sites (tertiary alicyclic amines) is 1. The number of fused-ring (bicyclic) bond motifs is 1. The van der Waals surface area contributed by atoms with Crippen molar-refractivity contribution in [3.8, 4) is 11.4 Å². The SMILES string of the molecule is CS(=O)(=O)OCC(=O)NCCNc1nc(-c2ccccc2)nc2[nH]c(COC3CCN(CCc4ccccc4Cl)CC3)cc12. The number of aromatic nitrogens is 3. The number of hydrogen-bond donors (Lipinski definition) is 3. The van der Waals surface area contributed by atoms with Gasteiger partial charge in [-0.15, -0.1) is 0 Å². The third-order valence-electron chi connectivity index (χ3n) is 7.38. The second kappa shape index (κ2) is 15.0. The van der Waals surface area contributed by atoms with E-state index in [2.05, 4.69) is 30.8 Å². The number of nitrogens with zero attached hydrogens (tertiary/aromatic N) is 3.